The van der Waals surface area contributed by atoms with Crippen LogP contribution in [0.5, 0.6) is 0 Å². The van der Waals surface area contributed by atoms with Crippen molar-refractivity contribution in [3.63, 3.8) is 0 Å². The second-order valence-corrected chi connectivity index (χ2v) is 6.62. The molecule has 1 amide bonds. The number of imidazole rings is 1. The third kappa shape index (κ3) is 5.81. The van der Waals surface area contributed by atoms with E-state index in [1.54, 1.807) is 11.0 Å². The molecule has 2 rings (SSSR count). The van der Waals surface area contributed by atoms with Gasteiger partial charge >= 0.3 is 12.1 Å². The number of nitrogens with zero attached hydrogens (tertiary/aromatic N) is 2. The van der Waals surface area contributed by atoms with Crippen LogP contribution in [0.1, 0.15) is 50.3 Å². The molecule has 0 saturated heterocycles. The summed E-state index contributed by atoms with van der Waals surface area (Å²) in [6, 6.07) is 4.69. The van der Waals surface area contributed by atoms with Gasteiger partial charge in [0.15, 0.2) is 0 Å². The van der Waals surface area contributed by atoms with Crippen molar-refractivity contribution in [3.05, 3.63) is 29.6 Å². The third-order valence-corrected chi connectivity index (χ3v) is 3.26. The zero-order chi connectivity index (χ0) is 19.9. The van der Waals surface area contributed by atoms with Crippen LogP contribution in [0.2, 0.25) is 0 Å². The molecule has 0 spiro atoms. The number of carboxylic acid groups (broad SMARTS) is 1. The van der Waals surface area contributed by atoms with Gasteiger partial charge in [-0.15, -0.1) is 12.8 Å². The first-order valence-corrected chi connectivity index (χ1v) is 8.23. The Morgan fingerprint density at radius 3 is 2.50 bits per heavy atom. The van der Waals surface area contributed by atoms with Crippen LogP contribution in [0.4, 0.5) is 4.79 Å². The molecule has 0 radical (unpaired) electrons. The number of ether oxygens (including phenoxy) is 1. The summed E-state index contributed by atoms with van der Waals surface area (Å²) in [5.74, 6) is -0.402. The fourth-order valence-electron chi connectivity index (χ4n) is 2.28. The van der Waals surface area contributed by atoms with Crippen molar-refractivity contribution in [1.82, 2.24) is 14.9 Å². The van der Waals surface area contributed by atoms with Gasteiger partial charge < -0.3 is 19.7 Å². The van der Waals surface area contributed by atoms with Gasteiger partial charge in [-0.3, -0.25) is 0 Å². The number of carboxylic acids is 1. The van der Waals surface area contributed by atoms with Crippen molar-refractivity contribution in [2.24, 2.45) is 0 Å². The Hall–Kier alpha value is -3.01. The molecular formula is C19H25N3O4. The van der Waals surface area contributed by atoms with E-state index < -0.39 is 17.7 Å². The van der Waals surface area contributed by atoms with E-state index in [0.717, 1.165) is 6.42 Å². The molecule has 7 heteroatoms. The summed E-state index contributed by atoms with van der Waals surface area (Å²) in [5, 5.41) is 9.04. The third-order valence-electron chi connectivity index (χ3n) is 3.26. The van der Waals surface area contributed by atoms with Gasteiger partial charge in [-0.25, -0.2) is 14.6 Å². The highest BCUT2D eigenvalue weighted by Gasteiger charge is 2.22. The maximum atomic E-state index is 12.3. The highest BCUT2D eigenvalue weighted by Crippen LogP contribution is 2.17. The molecule has 0 unspecified atom stereocenters. The second kappa shape index (κ2) is 8.90. The fourth-order valence-corrected chi connectivity index (χ4v) is 2.28. The SMILES string of the molecule is C#C.CCCN(Cc1nc2ccc(C(=O)O)cc2[nH]1)C(=O)OC(C)(C)C. The van der Waals surface area contributed by atoms with E-state index in [1.165, 1.54) is 12.1 Å². The molecule has 0 aliphatic heterocycles. The predicted molar refractivity (Wildman–Crippen MR) is 99.9 cm³/mol. The number of aromatic nitrogens is 2. The first kappa shape index (κ1) is 21.0. The van der Waals surface area contributed by atoms with Gasteiger partial charge in [-0.05, 0) is 45.4 Å². The van der Waals surface area contributed by atoms with Crippen LogP contribution < -0.4 is 0 Å². The van der Waals surface area contributed by atoms with Crippen LogP contribution in [0.25, 0.3) is 11.0 Å². The average molecular weight is 359 g/mol. The average Bonchev–Trinajstić information content (AvgIpc) is 2.96. The number of aromatic amines is 1. The molecule has 0 saturated carbocycles. The van der Waals surface area contributed by atoms with Crippen LogP contribution in [-0.4, -0.2) is 44.2 Å². The Labute approximate surface area is 153 Å². The number of carbonyl (C=O) groups excluding carboxylic acids is 1. The van der Waals surface area contributed by atoms with Gasteiger partial charge in [0, 0.05) is 6.54 Å². The van der Waals surface area contributed by atoms with Gasteiger partial charge in [0.05, 0.1) is 23.1 Å². The number of benzene rings is 1. The van der Waals surface area contributed by atoms with Crippen molar-refractivity contribution >= 4 is 23.1 Å². The highest BCUT2D eigenvalue weighted by atomic mass is 16.6. The smallest absolute Gasteiger partial charge is 0.410 e. The Morgan fingerprint density at radius 2 is 1.96 bits per heavy atom. The van der Waals surface area contributed by atoms with Crippen LogP contribution in [0, 0.1) is 12.8 Å². The zero-order valence-corrected chi connectivity index (χ0v) is 15.6. The van der Waals surface area contributed by atoms with Crippen molar-refractivity contribution < 1.29 is 19.4 Å². The monoisotopic (exact) mass is 359 g/mol. The number of nitrogens with one attached hydrogen (secondary N) is 1. The molecule has 0 bridgehead atoms. The van der Waals surface area contributed by atoms with Gasteiger partial charge in [0.25, 0.3) is 0 Å². The van der Waals surface area contributed by atoms with Gasteiger partial charge in [0.1, 0.15) is 11.4 Å². The second-order valence-electron chi connectivity index (χ2n) is 6.62. The van der Waals surface area contributed by atoms with Crippen LogP contribution >= 0.6 is 0 Å². The van der Waals surface area contributed by atoms with Crippen LogP contribution in [-0.2, 0) is 11.3 Å². The molecule has 2 aromatic rings. The van der Waals surface area contributed by atoms with E-state index in [0.29, 0.717) is 23.4 Å². The maximum absolute atomic E-state index is 12.3. The Bertz CT molecular complexity index is 787. The minimum atomic E-state index is -0.991. The number of rotatable bonds is 5. The molecule has 2 N–H and O–H groups in total. The molecule has 1 aromatic heterocycles. The highest BCUT2D eigenvalue weighted by molar-refractivity contribution is 5.92. The summed E-state index contributed by atoms with van der Waals surface area (Å²) >= 11 is 0. The Kier molecular flexibility index (Phi) is 7.20. The quantitative estimate of drug-likeness (QED) is 0.794. The number of carbonyl (C=O) groups is 2. The van der Waals surface area contributed by atoms with E-state index in [4.69, 9.17) is 9.84 Å². The summed E-state index contributed by atoms with van der Waals surface area (Å²) in [4.78, 5) is 32.4. The number of terminal acetylenes is 1. The maximum Gasteiger partial charge on any atom is 0.410 e. The predicted octanol–water partition coefficient (Wildman–Crippen LogP) is 3.66. The minimum Gasteiger partial charge on any atom is -0.478 e. The molecule has 140 valence electrons. The summed E-state index contributed by atoms with van der Waals surface area (Å²) < 4.78 is 5.42. The fraction of sp³-hybridized carbons (Fsp3) is 0.421. The zero-order valence-electron chi connectivity index (χ0n) is 15.6. The molecule has 0 atom stereocenters. The van der Waals surface area contributed by atoms with Gasteiger partial charge in [0.2, 0.25) is 0 Å². The Morgan fingerprint density at radius 1 is 1.31 bits per heavy atom. The Balaban J connectivity index is 0.00000163. The number of fused-ring (bicyclic) bond motifs is 1. The van der Waals surface area contributed by atoms with Crippen molar-refractivity contribution in [2.45, 2.75) is 46.3 Å². The largest absolute Gasteiger partial charge is 0.478 e. The van der Waals surface area contributed by atoms with E-state index in [2.05, 4.69) is 22.8 Å². The summed E-state index contributed by atoms with van der Waals surface area (Å²) in [6.07, 6.45) is 8.40. The molecular weight excluding hydrogens is 334 g/mol. The summed E-state index contributed by atoms with van der Waals surface area (Å²) in [5.41, 5.74) is 0.921. The molecule has 0 aliphatic rings. The van der Waals surface area contributed by atoms with E-state index in [-0.39, 0.29) is 12.1 Å². The van der Waals surface area contributed by atoms with Crippen molar-refractivity contribution in [1.29, 1.82) is 0 Å². The lowest BCUT2D eigenvalue weighted by atomic mass is 10.2. The van der Waals surface area contributed by atoms with Crippen molar-refractivity contribution in [3.8, 4) is 12.8 Å². The topological polar surface area (TPSA) is 95.5 Å². The lowest BCUT2D eigenvalue weighted by Crippen LogP contribution is -2.37. The van der Waals surface area contributed by atoms with Crippen LogP contribution in [0.3, 0.4) is 0 Å². The first-order valence-electron chi connectivity index (χ1n) is 8.23. The molecule has 0 fully saturated rings. The summed E-state index contributed by atoms with van der Waals surface area (Å²) in [6.45, 7) is 8.28. The lowest BCUT2D eigenvalue weighted by molar-refractivity contribution is 0.0229. The normalized spacial score (nSPS) is 10.7. The number of aromatic carboxylic acids is 1. The van der Waals surface area contributed by atoms with Gasteiger partial charge in [-0.1, -0.05) is 6.92 Å². The molecule has 7 nitrogen and oxygen atoms in total. The standard InChI is InChI=1S/C17H23N3O4.C2H2/c1-5-8-20(16(23)24-17(2,3)4)10-14-18-12-7-6-11(15(21)22)9-13(12)19-14;1-2/h6-7,9H,5,8,10H2,1-4H3,(H,18,19)(H,21,22);1-2H. The number of hydrogen-bond acceptors (Lipinski definition) is 4. The number of amides is 1. The minimum absolute atomic E-state index is 0.190. The van der Waals surface area contributed by atoms with E-state index in [9.17, 15) is 9.59 Å². The molecule has 1 aromatic carbocycles. The van der Waals surface area contributed by atoms with Crippen LogP contribution in [0.15, 0.2) is 18.2 Å². The van der Waals surface area contributed by atoms with E-state index >= 15 is 0 Å². The summed E-state index contributed by atoms with van der Waals surface area (Å²) in [7, 11) is 0. The molecule has 0 aliphatic carbocycles. The molecule has 1 heterocycles. The molecule has 26 heavy (non-hydrogen) atoms. The number of hydrogen-bond donors (Lipinski definition) is 2. The van der Waals surface area contributed by atoms with Gasteiger partial charge in [-0.2, -0.15) is 0 Å². The van der Waals surface area contributed by atoms with E-state index in [1.807, 2.05) is 27.7 Å². The lowest BCUT2D eigenvalue weighted by Gasteiger charge is -2.26. The first-order chi connectivity index (χ1) is 12.2. The number of H-pyrrole nitrogens is 1. The van der Waals surface area contributed by atoms with Crippen molar-refractivity contribution in [2.75, 3.05) is 6.54 Å².